The van der Waals surface area contributed by atoms with Gasteiger partial charge < -0.3 is 25.0 Å². The molecular formula is C23H29N5O6. The smallest absolute Gasteiger partial charge is 0.311 e. The Bertz CT molecular complexity index is 1040. The quantitative estimate of drug-likeness (QED) is 0.418. The van der Waals surface area contributed by atoms with Gasteiger partial charge in [-0.2, -0.15) is 0 Å². The average molecular weight is 472 g/mol. The maximum absolute atomic E-state index is 13.1. The number of carbonyl (C=O) groups is 2. The van der Waals surface area contributed by atoms with E-state index in [1.807, 2.05) is 4.90 Å². The van der Waals surface area contributed by atoms with Crippen molar-refractivity contribution < 1.29 is 24.0 Å². The summed E-state index contributed by atoms with van der Waals surface area (Å²) < 4.78 is 10.7. The van der Waals surface area contributed by atoms with Crippen molar-refractivity contribution in [2.75, 3.05) is 32.2 Å². The van der Waals surface area contributed by atoms with Crippen molar-refractivity contribution in [3.05, 3.63) is 52.2 Å². The molecule has 182 valence electrons. The molecule has 0 radical (unpaired) electrons. The zero-order valence-corrected chi connectivity index (χ0v) is 19.4. The number of aromatic nitrogens is 1. The lowest BCUT2D eigenvalue weighted by Gasteiger charge is -2.33. The van der Waals surface area contributed by atoms with Gasteiger partial charge in [-0.05, 0) is 37.1 Å². The lowest BCUT2D eigenvalue weighted by atomic mass is 10.0. The fourth-order valence-electron chi connectivity index (χ4n) is 4.03. The summed E-state index contributed by atoms with van der Waals surface area (Å²) in [5, 5.41) is 17.0. The van der Waals surface area contributed by atoms with Crippen molar-refractivity contribution in [1.29, 1.82) is 0 Å². The van der Waals surface area contributed by atoms with Crippen LogP contribution in [0.4, 0.5) is 11.5 Å². The molecule has 1 saturated heterocycles. The molecule has 1 aliphatic heterocycles. The average Bonchev–Trinajstić information content (AvgIpc) is 2.83. The standard InChI is InChI=1S/C23H29N5O6/c1-15(29)25-19(14-16-13-18(33-2)6-7-21(16)34-3)23(30)26-17-8-11-27(12-9-17)22-20(28(31)32)5-4-10-24-22/h4-7,10,13,17,19H,8-9,11-12,14H2,1-3H3,(H,25,29)(H,26,30). The highest BCUT2D eigenvalue weighted by molar-refractivity contribution is 5.87. The Kier molecular flexibility index (Phi) is 8.23. The van der Waals surface area contributed by atoms with Crippen LogP contribution < -0.4 is 25.0 Å². The van der Waals surface area contributed by atoms with Gasteiger partial charge in [-0.25, -0.2) is 4.98 Å². The van der Waals surface area contributed by atoms with E-state index in [0.717, 1.165) is 5.56 Å². The largest absolute Gasteiger partial charge is 0.497 e. The Morgan fingerprint density at radius 2 is 1.97 bits per heavy atom. The number of ether oxygens (including phenoxy) is 2. The van der Waals surface area contributed by atoms with Gasteiger partial charge in [0.15, 0.2) is 0 Å². The molecule has 2 heterocycles. The van der Waals surface area contributed by atoms with E-state index in [4.69, 9.17) is 9.47 Å². The third-order valence-electron chi connectivity index (χ3n) is 5.71. The van der Waals surface area contributed by atoms with Crippen LogP contribution in [0.2, 0.25) is 0 Å². The molecule has 2 amide bonds. The second-order valence-corrected chi connectivity index (χ2v) is 8.01. The van der Waals surface area contributed by atoms with Crippen LogP contribution in [-0.2, 0) is 16.0 Å². The summed E-state index contributed by atoms with van der Waals surface area (Å²) in [6.07, 6.45) is 2.94. The molecule has 0 aliphatic carbocycles. The zero-order valence-electron chi connectivity index (χ0n) is 19.4. The molecule has 2 aromatic rings. The number of anilines is 1. The van der Waals surface area contributed by atoms with E-state index < -0.39 is 11.0 Å². The number of nitrogens with one attached hydrogen (secondary N) is 2. The second kappa shape index (κ2) is 11.3. The number of pyridine rings is 1. The normalized spacial score (nSPS) is 14.7. The molecule has 11 nitrogen and oxygen atoms in total. The molecule has 1 aromatic carbocycles. The fourth-order valence-corrected chi connectivity index (χ4v) is 4.03. The molecule has 1 fully saturated rings. The summed E-state index contributed by atoms with van der Waals surface area (Å²) in [6, 6.07) is 7.33. The SMILES string of the molecule is COc1ccc(OC)c(CC(NC(C)=O)C(=O)NC2CCN(c3ncccc3[N+](=O)[O-])CC2)c1. The van der Waals surface area contributed by atoms with E-state index in [2.05, 4.69) is 15.6 Å². The number of piperidine rings is 1. The van der Waals surface area contributed by atoms with Crippen LogP contribution in [0.3, 0.4) is 0 Å². The summed E-state index contributed by atoms with van der Waals surface area (Å²) in [7, 11) is 3.09. The predicted octanol–water partition coefficient (Wildman–Crippen LogP) is 1.84. The van der Waals surface area contributed by atoms with E-state index >= 15 is 0 Å². The minimum atomic E-state index is -0.798. The van der Waals surface area contributed by atoms with Crippen LogP contribution >= 0.6 is 0 Å². The molecule has 1 aliphatic rings. The molecule has 0 saturated carbocycles. The summed E-state index contributed by atoms with van der Waals surface area (Å²) in [5.74, 6) is 0.920. The Morgan fingerprint density at radius 3 is 2.59 bits per heavy atom. The topological polar surface area (TPSA) is 136 Å². The van der Waals surface area contributed by atoms with Crippen LogP contribution in [0.25, 0.3) is 0 Å². The van der Waals surface area contributed by atoms with Gasteiger partial charge in [0, 0.05) is 50.3 Å². The van der Waals surface area contributed by atoms with Gasteiger partial charge in [0.25, 0.3) is 0 Å². The van der Waals surface area contributed by atoms with E-state index in [9.17, 15) is 19.7 Å². The van der Waals surface area contributed by atoms with Gasteiger partial charge in [-0.1, -0.05) is 0 Å². The van der Waals surface area contributed by atoms with E-state index in [-0.39, 0.29) is 30.0 Å². The number of methoxy groups -OCH3 is 2. The van der Waals surface area contributed by atoms with E-state index in [1.165, 1.54) is 25.3 Å². The molecule has 1 atom stereocenters. The Labute approximate surface area is 197 Å². The van der Waals surface area contributed by atoms with Crippen molar-refractivity contribution in [3.63, 3.8) is 0 Å². The first kappa shape index (κ1) is 24.7. The predicted molar refractivity (Wildman–Crippen MR) is 125 cm³/mol. The number of nitro groups is 1. The van der Waals surface area contributed by atoms with Crippen LogP contribution in [0, 0.1) is 10.1 Å². The minimum absolute atomic E-state index is 0.0389. The molecule has 1 unspecified atom stereocenters. The monoisotopic (exact) mass is 471 g/mol. The maximum Gasteiger partial charge on any atom is 0.311 e. The number of benzene rings is 1. The highest BCUT2D eigenvalue weighted by Crippen LogP contribution is 2.28. The molecule has 2 N–H and O–H groups in total. The Morgan fingerprint density at radius 1 is 1.24 bits per heavy atom. The number of hydrogen-bond donors (Lipinski definition) is 2. The van der Waals surface area contributed by atoms with E-state index in [0.29, 0.717) is 43.2 Å². The van der Waals surface area contributed by atoms with Crippen molar-refractivity contribution >= 4 is 23.3 Å². The number of amides is 2. The van der Waals surface area contributed by atoms with E-state index in [1.54, 1.807) is 32.4 Å². The third-order valence-corrected chi connectivity index (χ3v) is 5.71. The van der Waals surface area contributed by atoms with Crippen LogP contribution in [0.15, 0.2) is 36.5 Å². The highest BCUT2D eigenvalue weighted by atomic mass is 16.6. The Hall–Kier alpha value is -3.89. The van der Waals surface area contributed by atoms with Crippen molar-refractivity contribution in [3.8, 4) is 11.5 Å². The summed E-state index contributed by atoms with van der Waals surface area (Å²) in [5.41, 5.74) is 0.691. The lowest BCUT2D eigenvalue weighted by molar-refractivity contribution is -0.384. The van der Waals surface area contributed by atoms with Crippen molar-refractivity contribution in [1.82, 2.24) is 15.6 Å². The van der Waals surface area contributed by atoms with Gasteiger partial charge in [0.05, 0.1) is 19.1 Å². The second-order valence-electron chi connectivity index (χ2n) is 8.01. The van der Waals surface area contributed by atoms with Gasteiger partial charge in [-0.3, -0.25) is 19.7 Å². The van der Waals surface area contributed by atoms with Crippen molar-refractivity contribution in [2.24, 2.45) is 0 Å². The molecule has 1 aromatic heterocycles. The first-order valence-electron chi connectivity index (χ1n) is 10.9. The highest BCUT2D eigenvalue weighted by Gasteiger charge is 2.29. The summed E-state index contributed by atoms with van der Waals surface area (Å²) in [6.45, 7) is 2.38. The first-order chi connectivity index (χ1) is 16.3. The summed E-state index contributed by atoms with van der Waals surface area (Å²) in [4.78, 5) is 41.8. The lowest BCUT2D eigenvalue weighted by Crippen LogP contribution is -2.52. The van der Waals surface area contributed by atoms with Crippen molar-refractivity contribution in [2.45, 2.75) is 38.3 Å². The summed E-state index contributed by atoms with van der Waals surface area (Å²) >= 11 is 0. The molecule has 0 spiro atoms. The fraction of sp³-hybridized carbons (Fsp3) is 0.435. The van der Waals surface area contributed by atoms with Crippen LogP contribution in [0.1, 0.15) is 25.3 Å². The molecule has 11 heteroatoms. The molecule has 0 bridgehead atoms. The maximum atomic E-state index is 13.1. The number of carbonyl (C=O) groups excluding carboxylic acids is 2. The van der Waals surface area contributed by atoms with Crippen LogP contribution in [-0.4, -0.2) is 61.1 Å². The van der Waals surface area contributed by atoms with Gasteiger partial charge >= 0.3 is 5.69 Å². The minimum Gasteiger partial charge on any atom is -0.497 e. The van der Waals surface area contributed by atoms with Gasteiger partial charge in [-0.15, -0.1) is 0 Å². The molecular weight excluding hydrogens is 442 g/mol. The van der Waals surface area contributed by atoms with Gasteiger partial charge in [0.2, 0.25) is 17.6 Å². The van der Waals surface area contributed by atoms with Crippen LogP contribution in [0.5, 0.6) is 11.5 Å². The number of nitrogens with zero attached hydrogens (tertiary/aromatic N) is 3. The molecule has 3 rings (SSSR count). The molecule has 34 heavy (non-hydrogen) atoms. The first-order valence-corrected chi connectivity index (χ1v) is 10.9. The zero-order chi connectivity index (χ0) is 24.7. The van der Waals surface area contributed by atoms with Gasteiger partial charge in [0.1, 0.15) is 17.5 Å². The number of hydrogen-bond acceptors (Lipinski definition) is 8. The third kappa shape index (κ3) is 6.12. The Balaban J connectivity index is 1.66. The number of rotatable bonds is 9.